The number of nitrogens with zero attached hydrogens (tertiary/aromatic N) is 3. The van der Waals surface area contributed by atoms with Crippen molar-refractivity contribution >= 4 is 64.1 Å². The number of ether oxygens (including phenoxy) is 2. The zero-order valence-electron chi connectivity index (χ0n) is 40.1. The zero-order valence-corrected chi connectivity index (χ0v) is 40.1. The maximum absolute atomic E-state index is 15.4. The monoisotopic (exact) mass is 1020 g/mol. The molecular weight excluding hydrogens is 970 g/mol. The van der Waals surface area contributed by atoms with E-state index < -0.39 is 121 Å². The number of carbonyl (C=O) groups excluding carboxylic acids is 9. The molecule has 0 saturated heterocycles. The molecule has 0 spiro atoms. The third-order valence-corrected chi connectivity index (χ3v) is 13.4. The molecule has 2 aromatic carbocycles. The standard InChI is InChI=1S/C50H52FN9O14/c1-3-50(72)30-16-35-45-28(21-60(35)48(70)29(30)22-74-49(50)71)44-32(10-9-27-25(2)31(51)17-33(57-45)43(27)44)58-47(69)36(61)23-73-24-55-39(64)19-54-46(68)34(15-26-7-5-4-6-8-26)56-40(65)20-53-38(63)18-52-37(62)13-14-59-41(66)11-12-42(59)67/h4-8,11-12,16-17,32,34,36,61,72H,3,9-10,13-15,18-24H2,1-2H3,(H,52,62)(H,53,63)(H,54,68)(H,55,64)(H,56,65)(H,58,69)/t32-,34-,36+,50-/m0/s1. The van der Waals surface area contributed by atoms with Crippen molar-refractivity contribution < 1.29 is 67.2 Å². The second-order valence-corrected chi connectivity index (χ2v) is 18.0. The second-order valence-electron chi connectivity index (χ2n) is 18.0. The van der Waals surface area contributed by atoms with E-state index in [0.29, 0.717) is 51.0 Å². The molecule has 0 unspecified atom stereocenters. The largest absolute Gasteiger partial charge is 0.458 e. The number of esters is 1. The maximum atomic E-state index is 15.4. The number of aryl methyl sites for hydroxylation is 1. The van der Waals surface area contributed by atoms with E-state index in [-0.39, 0.29) is 62.0 Å². The minimum atomic E-state index is -2.07. The van der Waals surface area contributed by atoms with Crippen molar-refractivity contribution in [3.63, 3.8) is 0 Å². The zero-order chi connectivity index (χ0) is 53.0. The number of hydrogen-bond donors (Lipinski definition) is 8. The van der Waals surface area contributed by atoms with Crippen LogP contribution in [0.25, 0.3) is 22.3 Å². The van der Waals surface area contributed by atoms with Crippen LogP contribution in [0.15, 0.2) is 59.4 Å². The van der Waals surface area contributed by atoms with Crippen molar-refractivity contribution in [2.75, 3.05) is 39.5 Å². The Bertz CT molecular complexity index is 3090. The van der Waals surface area contributed by atoms with E-state index in [9.17, 15) is 58.2 Å². The van der Waals surface area contributed by atoms with Gasteiger partial charge in [-0.3, -0.25) is 48.1 Å². The highest BCUT2D eigenvalue weighted by molar-refractivity contribution is 6.13. The van der Waals surface area contributed by atoms with Gasteiger partial charge in [0.2, 0.25) is 29.5 Å². The molecule has 0 bridgehead atoms. The Labute approximate surface area is 420 Å². The van der Waals surface area contributed by atoms with Crippen molar-refractivity contribution in [3.05, 3.63) is 110 Å². The number of aromatic nitrogens is 2. The fraction of sp³-hybridized carbons (Fsp3) is 0.380. The average Bonchev–Trinajstić information content (AvgIpc) is 3.92. The van der Waals surface area contributed by atoms with E-state index >= 15 is 4.39 Å². The molecule has 0 fully saturated rings. The van der Waals surface area contributed by atoms with Gasteiger partial charge in [0, 0.05) is 54.1 Å². The van der Waals surface area contributed by atoms with Crippen LogP contribution in [-0.4, -0.2) is 130 Å². The molecule has 4 atom stereocenters. The number of aliphatic hydroxyl groups excluding tert-OH is 1. The summed E-state index contributed by atoms with van der Waals surface area (Å²) in [6.07, 6.45) is 0.735. The number of halogens is 1. The first-order chi connectivity index (χ1) is 35.4. The van der Waals surface area contributed by atoms with Gasteiger partial charge in [-0.2, -0.15) is 0 Å². The van der Waals surface area contributed by atoms with Gasteiger partial charge in [-0.1, -0.05) is 37.3 Å². The second kappa shape index (κ2) is 21.9. The molecule has 74 heavy (non-hydrogen) atoms. The molecule has 8 N–H and O–H groups in total. The van der Waals surface area contributed by atoms with E-state index in [1.54, 1.807) is 44.2 Å². The summed E-state index contributed by atoms with van der Waals surface area (Å²) in [6.45, 7) is -0.00276. The normalized spacial score (nSPS) is 17.9. The first-order valence-corrected chi connectivity index (χ1v) is 23.7. The van der Waals surface area contributed by atoms with E-state index in [4.69, 9.17) is 14.5 Å². The van der Waals surface area contributed by atoms with Gasteiger partial charge >= 0.3 is 5.97 Å². The number of nitrogens with one attached hydrogen (secondary N) is 6. The van der Waals surface area contributed by atoms with Crippen LogP contribution < -0.4 is 37.5 Å². The van der Waals surface area contributed by atoms with Crippen LogP contribution in [-0.2, 0) is 84.2 Å². The number of fused-ring (bicyclic) bond motifs is 5. The molecular formula is C50H52FN9O14. The topological polar surface area (TPSA) is 323 Å². The molecule has 4 aliphatic rings. The lowest BCUT2D eigenvalue weighted by molar-refractivity contribution is -0.172. The van der Waals surface area contributed by atoms with Crippen molar-refractivity contribution in [2.24, 2.45) is 0 Å². The number of imide groups is 1. The molecule has 24 heteroatoms. The number of cyclic esters (lactones) is 1. The molecule has 5 heterocycles. The summed E-state index contributed by atoms with van der Waals surface area (Å²) in [5.74, 6) is -6.92. The highest BCUT2D eigenvalue weighted by Crippen LogP contribution is 2.46. The Kier molecular flexibility index (Phi) is 15.4. The minimum Gasteiger partial charge on any atom is -0.458 e. The molecule has 1 aliphatic carbocycles. The van der Waals surface area contributed by atoms with E-state index in [1.807, 2.05) is 0 Å². The Morgan fingerprint density at radius 2 is 1.58 bits per heavy atom. The third-order valence-electron chi connectivity index (χ3n) is 13.4. The highest BCUT2D eigenvalue weighted by Gasteiger charge is 2.46. The van der Waals surface area contributed by atoms with Crippen molar-refractivity contribution in [1.82, 2.24) is 46.4 Å². The average molecular weight is 1020 g/mol. The Balaban J connectivity index is 0.828. The number of pyridine rings is 2. The van der Waals surface area contributed by atoms with Crippen LogP contribution >= 0.6 is 0 Å². The molecule has 8 amide bonds. The summed E-state index contributed by atoms with van der Waals surface area (Å²) >= 11 is 0. The fourth-order valence-corrected chi connectivity index (χ4v) is 9.38. The molecule has 4 aromatic rings. The molecule has 3 aliphatic heterocycles. The van der Waals surface area contributed by atoms with Gasteiger partial charge in [0.1, 0.15) is 25.2 Å². The molecule has 0 saturated carbocycles. The van der Waals surface area contributed by atoms with Crippen LogP contribution in [0.3, 0.4) is 0 Å². The van der Waals surface area contributed by atoms with E-state index in [1.165, 1.54) is 16.7 Å². The van der Waals surface area contributed by atoms with E-state index in [0.717, 1.165) is 17.1 Å². The van der Waals surface area contributed by atoms with Gasteiger partial charge < -0.3 is 56.2 Å². The predicted molar refractivity (Wildman–Crippen MR) is 255 cm³/mol. The molecule has 8 rings (SSSR count). The molecule has 2 aromatic heterocycles. The number of rotatable bonds is 20. The lowest BCUT2D eigenvalue weighted by Crippen LogP contribution is -2.52. The predicted octanol–water partition coefficient (Wildman–Crippen LogP) is -1.53. The Morgan fingerprint density at radius 3 is 2.31 bits per heavy atom. The minimum absolute atomic E-state index is 0.00331. The van der Waals surface area contributed by atoms with Gasteiger partial charge in [0.15, 0.2) is 11.7 Å². The summed E-state index contributed by atoms with van der Waals surface area (Å²) in [6, 6.07) is 9.49. The summed E-state index contributed by atoms with van der Waals surface area (Å²) in [5.41, 5.74) is 1.37. The highest BCUT2D eigenvalue weighted by atomic mass is 19.1. The Hall–Kier alpha value is -8.22. The number of hydrogen-bond acceptors (Lipinski definition) is 15. The summed E-state index contributed by atoms with van der Waals surface area (Å²) in [7, 11) is 0. The van der Waals surface area contributed by atoms with Gasteiger partial charge in [0.25, 0.3) is 23.3 Å². The van der Waals surface area contributed by atoms with Crippen molar-refractivity contribution in [2.45, 2.75) is 82.9 Å². The number of benzene rings is 2. The van der Waals surface area contributed by atoms with Gasteiger partial charge in [-0.15, -0.1) is 0 Å². The molecule has 0 radical (unpaired) electrons. The summed E-state index contributed by atoms with van der Waals surface area (Å²) < 4.78 is 27.4. The number of amides is 8. The van der Waals surface area contributed by atoms with Gasteiger partial charge in [0.05, 0.1) is 61.3 Å². The van der Waals surface area contributed by atoms with E-state index in [2.05, 4.69) is 31.9 Å². The van der Waals surface area contributed by atoms with Crippen LogP contribution in [0.2, 0.25) is 0 Å². The maximum Gasteiger partial charge on any atom is 0.343 e. The summed E-state index contributed by atoms with van der Waals surface area (Å²) in [4.78, 5) is 133. The van der Waals surface area contributed by atoms with Crippen LogP contribution in [0.4, 0.5) is 4.39 Å². The van der Waals surface area contributed by atoms with Crippen LogP contribution in [0, 0.1) is 12.7 Å². The van der Waals surface area contributed by atoms with Gasteiger partial charge in [-0.25, -0.2) is 14.2 Å². The lowest BCUT2D eigenvalue weighted by Gasteiger charge is -2.31. The summed E-state index contributed by atoms with van der Waals surface area (Å²) in [5, 5.41) is 37.7. The number of carbonyl (C=O) groups is 9. The van der Waals surface area contributed by atoms with Crippen molar-refractivity contribution in [1.29, 1.82) is 0 Å². The molecule has 23 nitrogen and oxygen atoms in total. The first kappa shape index (κ1) is 52.1. The number of aliphatic hydroxyl groups is 2. The Morgan fingerprint density at radius 1 is 0.892 bits per heavy atom. The SMILES string of the molecule is CC[C@@]1(O)C(=O)OCc2c1cc1n(c2=O)Cc2c-1nc1cc(F)c(C)c3c1c2[C@@H](NC(=O)[C@H](O)COCNC(=O)CNC(=O)[C@H](Cc1ccccc1)NC(=O)CNC(=O)CNC(=O)CCN1C(=O)C=CC1=O)CC3. The van der Waals surface area contributed by atoms with Gasteiger partial charge in [-0.05, 0) is 54.5 Å². The smallest absolute Gasteiger partial charge is 0.343 e. The van der Waals surface area contributed by atoms with Crippen LogP contribution in [0.5, 0.6) is 0 Å². The quantitative estimate of drug-likeness (QED) is 0.0190. The first-order valence-electron chi connectivity index (χ1n) is 23.7. The fourth-order valence-electron chi connectivity index (χ4n) is 9.38. The lowest BCUT2D eigenvalue weighted by atomic mass is 9.81. The third kappa shape index (κ3) is 10.8. The molecule has 388 valence electrons. The van der Waals surface area contributed by atoms with Crippen molar-refractivity contribution in [3.8, 4) is 11.4 Å². The van der Waals surface area contributed by atoms with Crippen LogP contribution in [0.1, 0.15) is 71.2 Å².